The number of aryl methyl sites for hydroxylation is 3. The standard InChI is InChI=1S/C18H29NO2/c1-13-5-7-19(8-6-13)11-17(20)12-21-18-15(3)9-14(2)10-16(18)4/h9-10,13,17,20H,5-8,11-12H2,1-4H3/p+1. The van der Waals surface area contributed by atoms with E-state index >= 15 is 0 Å². The number of aliphatic hydroxyl groups excluding tert-OH is 1. The van der Waals surface area contributed by atoms with Crippen LogP contribution in [-0.2, 0) is 0 Å². The fourth-order valence-electron chi connectivity index (χ4n) is 3.34. The molecule has 1 heterocycles. The number of aliphatic hydroxyl groups is 1. The molecule has 2 rings (SSSR count). The summed E-state index contributed by atoms with van der Waals surface area (Å²) < 4.78 is 5.88. The van der Waals surface area contributed by atoms with Gasteiger partial charge in [0.15, 0.2) is 0 Å². The van der Waals surface area contributed by atoms with Crippen LogP contribution in [0.4, 0.5) is 0 Å². The van der Waals surface area contributed by atoms with Crippen LogP contribution in [-0.4, -0.2) is 37.5 Å². The van der Waals surface area contributed by atoms with Gasteiger partial charge in [0.25, 0.3) is 0 Å². The highest BCUT2D eigenvalue weighted by Crippen LogP contribution is 2.24. The summed E-state index contributed by atoms with van der Waals surface area (Å²) >= 11 is 0. The fraction of sp³-hybridized carbons (Fsp3) is 0.667. The van der Waals surface area contributed by atoms with E-state index in [9.17, 15) is 5.11 Å². The molecule has 0 aromatic heterocycles. The van der Waals surface area contributed by atoms with Crippen molar-refractivity contribution in [2.75, 3.05) is 26.2 Å². The van der Waals surface area contributed by atoms with Crippen LogP contribution in [0.5, 0.6) is 5.75 Å². The molecule has 1 aliphatic rings. The van der Waals surface area contributed by atoms with Gasteiger partial charge < -0.3 is 14.7 Å². The minimum absolute atomic E-state index is 0.381. The number of benzene rings is 1. The first-order valence-electron chi connectivity index (χ1n) is 8.18. The molecule has 2 N–H and O–H groups in total. The minimum atomic E-state index is -0.381. The van der Waals surface area contributed by atoms with Crippen LogP contribution >= 0.6 is 0 Å². The first-order valence-corrected chi connectivity index (χ1v) is 8.18. The predicted molar refractivity (Wildman–Crippen MR) is 86.1 cm³/mol. The second-order valence-corrected chi connectivity index (χ2v) is 6.83. The highest BCUT2D eigenvalue weighted by molar-refractivity contribution is 5.42. The molecule has 0 saturated carbocycles. The number of piperidine rings is 1. The van der Waals surface area contributed by atoms with E-state index in [1.54, 1.807) is 0 Å². The Morgan fingerprint density at radius 2 is 1.76 bits per heavy atom. The Kier molecular flexibility index (Phi) is 5.65. The van der Waals surface area contributed by atoms with Crippen LogP contribution in [0.3, 0.4) is 0 Å². The molecule has 0 spiro atoms. The molecule has 1 aromatic rings. The number of ether oxygens (including phenoxy) is 1. The van der Waals surface area contributed by atoms with Crippen LogP contribution < -0.4 is 9.64 Å². The number of likely N-dealkylation sites (tertiary alicyclic amines) is 1. The van der Waals surface area contributed by atoms with Gasteiger partial charge in [0, 0.05) is 0 Å². The maximum absolute atomic E-state index is 10.2. The van der Waals surface area contributed by atoms with Gasteiger partial charge in [-0.25, -0.2) is 0 Å². The van der Waals surface area contributed by atoms with Crippen molar-refractivity contribution < 1.29 is 14.7 Å². The van der Waals surface area contributed by atoms with Crippen molar-refractivity contribution in [1.82, 2.24) is 0 Å². The van der Waals surface area contributed by atoms with Crippen LogP contribution in [0.1, 0.15) is 36.5 Å². The van der Waals surface area contributed by atoms with Crippen molar-refractivity contribution in [2.45, 2.75) is 46.6 Å². The molecule has 1 saturated heterocycles. The summed E-state index contributed by atoms with van der Waals surface area (Å²) in [6.07, 6.45) is 2.17. The van der Waals surface area contributed by atoms with Crippen molar-refractivity contribution in [3.05, 3.63) is 28.8 Å². The summed E-state index contributed by atoms with van der Waals surface area (Å²) in [5.41, 5.74) is 3.56. The van der Waals surface area contributed by atoms with Crippen LogP contribution in [0.15, 0.2) is 12.1 Å². The van der Waals surface area contributed by atoms with Gasteiger partial charge in [-0.2, -0.15) is 0 Å². The Hall–Kier alpha value is -1.06. The molecule has 0 amide bonds. The van der Waals surface area contributed by atoms with Crippen molar-refractivity contribution in [3.63, 3.8) is 0 Å². The third-order valence-electron chi connectivity index (χ3n) is 4.53. The monoisotopic (exact) mass is 292 g/mol. The topological polar surface area (TPSA) is 33.9 Å². The molecular formula is C18H30NO2+. The summed E-state index contributed by atoms with van der Waals surface area (Å²) in [5, 5.41) is 10.2. The number of hydrogen-bond acceptors (Lipinski definition) is 2. The molecule has 3 nitrogen and oxygen atoms in total. The summed E-state index contributed by atoms with van der Waals surface area (Å²) in [4.78, 5) is 1.52. The van der Waals surface area contributed by atoms with Crippen LogP contribution in [0, 0.1) is 26.7 Å². The van der Waals surface area contributed by atoms with Crippen molar-refractivity contribution >= 4 is 0 Å². The Labute approximate surface area is 128 Å². The number of hydrogen-bond donors (Lipinski definition) is 2. The summed E-state index contributed by atoms with van der Waals surface area (Å²) in [6, 6.07) is 4.26. The smallest absolute Gasteiger partial charge is 0.137 e. The van der Waals surface area contributed by atoms with Gasteiger partial charge in [-0.15, -0.1) is 0 Å². The molecule has 1 fully saturated rings. The normalized spacial score (nSPS) is 23.9. The highest BCUT2D eigenvalue weighted by atomic mass is 16.5. The Balaban J connectivity index is 1.83. The van der Waals surface area contributed by atoms with Gasteiger partial charge in [-0.05, 0) is 50.7 Å². The Morgan fingerprint density at radius 1 is 1.19 bits per heavy atom. The first-order chi connectivity index (χ1) is 9.95. The molecular weight excluding hydrogens is 262 g/mol. The van der Waals surface area contributed by atoms with Gasteiger partial charge in [-0.3, -0.25) is 0 Å². The van der Waals surface area contributed by atoms with Gasteiger partial charge in [0.05, 0.1) is 13.1 Å². The van der Waals surface area contributed by atoms with E-state index in [0.29, 0.717) is 6.61 Å². The van der Waals surface area contributed by atoms with E-state index in [1.807, 2.05) is 0 Å². The predicted octanol–water partition coefficient (Wildman–Crippen LogP) is 1.67. The summed E-state index contributed by atoms with van der Waals surface area (Å²) in [6.45, 7) is 12.1. The van der Waals surface area contributed by atoms with Gasteiger partial charge >= 0.3 is 0 Å². The largest absolute Gasteiger partial charge is 0.490 e. The van der Waals surface area contributed by atoms with E-state index in [-0.39, 0.29) is 6.10 Å². The molecule has 118 valence electrons. The highest BCUT2D eigenvalue weighted by Gasteiger charge is 2.22. The number of rotatable bonds is 5. The van der Waals surface area contributed by atoms with E-state index < -0.39 is 0 Å². The van der Waals surface area contributed by atoms with E-state index in [2.05, 4.69) is 39.8 Å². The third-order valence-corrected chi connectivity index (χ3v) is 4.53. The second kappa shape index (κ2) is 7.28. The molecule has 1 aromatic carbocycles. The molecule has 1 atom stereocenters. The molecule has 21 heavy (non-hydrogen) atoms. The van der Waals surface area contributed by atoms with Gasteiger partial charge in [0.1, 0.15) is 25.0 Å². The average Bonchev–Trinajstić information content (AvgIpc) is 2.40. The minimum Gasteiger partial charge on any atom is -0.490 e. The third kappa shape index (κ3) is 4.72. The molecule has 0 aliphatic carbocycles. The zero-order valence-electron chi connectivity index (χ0n) is 13.9. The van der Waals surface area contributed by atoms with Crippen LogP contribution in [0.25, 0.3) is 0 Å². The van der Waals surface area contributed by atoms with Crippen molar-refractivity contribution in [1.29, 1.82) is 0 Å². The number of nitrogens with one attached hydrogen (secondary N) is 1. The van der Waals surface area contributed by atoms with Crippen molar-refractivity contribution in [3.8, 4) is 5.75 Å². The Bertz CT molecular complexity index is 441. The SMILES string of the molecule is Cc1cc(C)c(OCC(O)C[NH+]2CCC(C)CC2)c(C)c1. The first kappa shape index (κ1) is 16.3. The fourth-order valence-corrected chi connectivity index (χ4v) is 3.34. The molecule has 0 bridgehead atoms. The second-order valence-electron chi connectivity index (χ2n) is 6.83. The van der Waals surface area contributed by atoms with Gasteiger partial charge in [0.2, 0.25) is 0 Å². The lowest BCUT2D eigenvalue weighted by molar-refractivity contribution is -0.909. The van der Waals surface area contributed by atoms with E-state index in [1.165, 1.54) is 36.4 Å². The molecule has 1 unspecified atom stereocenters. The lowest BCUT2D eigenvalue weighted by atomic mass is 9.99. The molecule has 0 radical (unpaired) electrons. The summed E-state index contributed by atoms with van der Waals surface area (Å²) in [5.74, 6) is 1.78. The van der Waals surface area contributed by atoms with Crippen molar-refractivity contribution in [2.24, 2.45) is 5.92 Å². The van der Waals surface area contributed by atoms with E-state index in [4.69, 9.17) is 4.74 Å². The Morgan fingerprint density at radius 3 is 2.33 bits per heavy atom. The lowest BCUT2D eigenvalue weighted by Gasteiger charge is -2.29. The number of quaternary nitrogens is 1. The quantitative estimate of drug-likeness (QED) is 0.865. The summed E-state index contributed by atoms with van der Waals surface area (Å²) in [7, 11) is 0. The van der Waals surface area contributed by atoms with Crippen LogP contribution in [0.2, 0.25) is 0 Å². The van der Waals surface area contributed by atoms with E-state index in [0.717, 1.165) is 29.3 Å². The maximum Gasteiger partial charge on any atom is 0.137 e. The molecule has 3 heteroatoms. The molecule has 1 aliphatic heterocycles. The lowest BCUT2D eigenvalue weighted by Crippen LogP contribution is -3.14. The average molecular weight is 292 g/mol. The zero-order chi connectivity index (χ0) is 15.4. The zero-order valence-corrected chi connectivity index (χ0v) is 13.9. The maximum atomic E-state index is 10.2. The van der Waals surface area contributed by atoms with Gasteiger partial charge in [-0.1, -0.05) is 24.6 Å².